The summed E-state index contributed by atoms with van der Waals surface area (Å²) in [5.74, 6) is 6.42. The number of hydrogen-bond acceptors (Lipinski definition) is 3. The molecule has 0 fully saturated rings. The lowest BCUT2D eigenvalue weighted by atomic mass is 9.87. The Labute approximate surface area is 367 Å². The largest absolute Gasteiger partial charge is 0.360 e. The average Bonchev–Trinajstić information content (AvgIpc) is 3.26. The molecule has 0 amide bonds. The summed E-state index contributed by atoms with van der Waals surface area (Å²) < 4.78 is 6.21. The highest BCUT2D eigenvalue weighted by Gasteiger charge is 2.47. The number of carbonyl (C=O) groups is 1. The summed E-state index contributed by atoms with van der Waals surface area (Å²) in [5, 5.41) is 2.35. The molecule has 0 bridgehead atoms. The van der Waals surface area contributed by atoms with Gasteiger partial charge in [-0.25, -0.2) is 0 Å². The van der Waals surface area contributed by atoms with E-state index in [-0.39, 0.29) is 76.9 Å². The van der Waals surface area contributed by atoms with Crippen LogP contribution in [-0.4, -0.2) is 6.29 Å². The van der Waals surface area contributed by atoms with Gasteiger partial charge in [-0.3, -0.25) is 4.79 Å². The fourth-order valence-electron chi connectivity index (χ4n) is 5.27. The average molecular weight is 1190 g/mol. The highest BCUT2D eigenvalue weighted by Crippen LogP contribution is 3.33. The van der Waals surface area contributed by atoms with E-state index in [4.69, 9.17) is 16.5 Å². The molecule has 0 N–H and O–H groups in total. The first kappa shape index (κ1) is 55.3. The van der Waals surface area contributed by atoms with Crippen molar-refractivity contribution < 1.29 is 9.53 Å². The van der Waals surface area contributed by atoms with E-state index in [1.807, 2.05) is 44.2 Å². The lowest BCUT2D eigenvalue weighted by molar-refractivity contribution is -0.105. The Kier molecular flexibility index (Phi) is 27.5. The van der Waals surface area contributed by atoms with E-state index in [1.54, 1.807) is 0 Å². The summed E-state index contributed by atoms with van der Waals surface area (Å²) in [6, 6.07) is 18.3. The summed E-state index contributed by atoms with van der Waals surface area (Å²) in [5.41, 5.74) is 3.62. The Hall–Kier alpha value is 7.95. The molecule has 16 atom stereocenters. The minimum atomic E-state index is -0.416. The SMILES string of the molecule is CC1(C)OC(C)(C)c2cc(C=O)c(C#Cc3ccc4ccccc4c3)cc21.PPP(P)P(P(P)P)P(P=S)P(P(P(P)P)P(P)P)P(P(P)P)P(P)P. The van der Waals surface area contributed by atoms with Crippen LogP contribution in [0.15, 0.2) is 54.6 Å². The van der Waals surface area contributed by atoms with Gasteiger partial charge in [-0.15, -0.1) is 107 Å². The second-order valence-electron chi connectivity index (χ2n) is 11.8. The van der Waals surface area contributed by atoms with Crippen LogP contribution in [0.3, 0.4) is 0 Å². The zero-order chi connectivity index (χ0) is 40.0. The van der Waals surface area contributed by atoms with Crippen LogP contribution in [0.4, 0.5) is 0 Å². The number of hydrogen-bond donors (Lipinski definition) is 0. The lowest BCUT2D eigenvalue weighted by Crippen LogP contribution is -2.22. The van der Waals surface area contributed by atoms with Gasteiger partial charge in [0.15, 0.2) is 6.29 Å². The van der Waals surface area contributed by atoms with Crippen LogP contribution in [0.5, 0.6) is 0 Å². The molecule has 290 valence electrons. The number of benzene rings is 3. The summed E-state index contributed by atoms with van der Waals surface area (Å²) in [6.07, 6.45) is 0.881. The molecule has 0 spiro atoms. The Bertz CT molecular complexity index is 1740. The molecule has 0 saturated carbocycles. The first-order valence-electron chi connectivity index (χ1n) is 14.9. The van der Waals surface area contributed by atoms with Crippen LogP contribution < -0.4 is 0 Å². The van der Waals surface area contributed by atoms with Crippen molar-refractivity contribution >= 4 is 228 Å². The summed E-state index contributed by atoms with van der Waals surface area (Å²) in [7, 11) is 40.7. The van der Waals surface area contributed by atoms with Gasteiger partial charge in [-0.05, 0) is 130 Å². The van der Waals surface area contributed by atoms with Crippen molar-refractivity contribution in [1.29, 1.82) is 0 Å². The van der Waals surface area contributed by atoms with E-state index in [0.717, 1.165) is 41.9 Å². The van der Waals surface area contributed by atoms with E-state index >= 15 is 0 Å². The van der Waals surface area contributed by atoms with E-state index < -0.39 is 11.2 Å². The van der Waals surface area contributed by atoms with Crippen molar-refractivity contribution in [3.8, 4) is 11.8 Å². The molecule has 16 unspecified atom stereocenters. The van der Waals surface area contributed by atoms with Crippen LogP contribution in [0, 0.1) is 11.8 Å². The van der Waals surface area contributed by atoms with E-state index in [2.05, 4.69) is 157 Å². The van der Waals surface area contributed by atoms with Gasteiger partial charge in [0.25, 0.3) is 0 Å². The van der Waals surface area contributed by atoms with Crippen molar-refractivity contribution in [2.45, 2.75) is 38.9 Å². The van der Waals surface area contributed by atoms with Gasteiger partial charge < -0.3 is 4.74 Å². The van der Waals surface area contributed by atoms with Crippen LogP contribution in [0.1, 0.15) is 60.3 Å². The maximum absolute atomic E-state index is 11.7. The lowest BCUT2D eigenvalue weighted by Gasteiger charge is -2.47. The zero-order valence-corrected chi connectivity index (χ0v) is 55.7. The van der Waals surface area contributed by atoms with Gasteiger partial charge in [0.1, 0.15) is 0 Å². The van der Waals surface area contributed by atoms with Crippen molar-refractivity contribution in [1.82, 2.24) is 0 Å². The fourth-order valence-corrected chi connectivity index (χ4v) is 320. The molecule has 0 aromatic heterocycles. The predicted octanol–water partition coefficient (Wildman–Crippen LogP) is 20.4. The third-order valence-electron chi connectivity index (χ3n) is 7.29. The molecule has 2 nitrogen and oxygen atoms in total. The molecule has 0 aliphatic carbocycles. The quantitative estimate of drug-likeness (QED) is 0.0969. The van der Waals surface area contributed by atoms with Crippen LogP contribution >= 0.6 is 199 Å². The van der Waals surface area contributed by atoms with Crippen LogP contribution in [-0.2, 0) is 27.7 Å². The number of ether oxygens (including phenoxy) is 1. The second kappa shape index (κ2) is 26.3. The Balaban J connectivity index is 0.000000286. The Morgan fingerprint density at radius 2 is 1.17 bits per heavy atom. The summed E-state index contributed by atoms with van der Waals surface area (Å²) in [4.78, 5) is 11.7. The van der Waals surface area contributed by atoms with Crippen molar-refractivity contribution in [3.05, 3.63) is 82.4 Å². The van der Waals surface area contributed by atoms with Crippen molar-refractivity contribution in [2.24, 2.45) is 0 Å². The molecular formula is C25H47O2P25S. The molecular weight excluding hydrogens is 1140 g/mol. The molecule has 0 radical (unpaired) electrons. The highest BCUT2D eigenvalue weighted by molar-refractivity contribution is 9.39. The number of fused-ring (bicyclic) bond motifs is 2. The van der Waals surface area contributed by atoms with Gasteiger partial charge in [0.05, 0.1) is 11.2 Å². The standard InChI is InChI=1S/C25H22O2.H25P25S/c1-24(2)22-14-20(21(16-26)15-23(22)25(3,4)27-24)12-10-17-9-11-18-7-5-6-8-19(18)13-17;1-13-20(12)24(19(10)11)21(14-26)25(22(15(2)3)16(4)5)23(17(6)7)18(8)9/h5-9,11,13-16H,1-4H3;13H,1-12H2. The number of rotatable bonds is 13. The van der Waals surface area contributed by atoms with Crippen molar-refractivity contribution in [3.63, 3.8) is 0 Å². The number of carbonyl (C=O) groups excluding carboxylic acids is 1. The number of aldehydes is 1. The minimum absolute atomic E-state index is 0.0241. The van der Waals surface area contributed by atoms with E-state index in [1.165, 1.54) is 12.4 Å². The smallest absolute Gasteiger partial charge is 0.151 e. The summed E-state index contributed by atoms with van der Waals surface area (Å²) in [6.45, 7) is 8.06. The maximum atomic E-state index is 11.7. The van der Waals surface area contributed by atoms with E-state index in [0.29, 0.717) is 5.56 Å². The fraction of sp³-hybridized carbons (Fsp3) is 0.240. The Morgan fingerprint density at radius 1 is 0.679 bits per heavy atom. The molecule has 3 aromatic rings. The predicted molar refractivity (Wildman–Crippen MR) is 324 cm³/mol. The normalized spacial score (nSPS) is 17.0. The Morgan fingerprint density at radius 3 is 1.62 bits per heavy atom. The first-order chi connectivity index (χ1) is 24.7. The summed E-state index contributed by atoms with van der Waals surface area (Å²) >= 11 is 5.91. The molecule has 1 aliphatic rings. The third-order valence-corrected chi connectivity index (χ3v) is 173. The molecule has 4 rings (SSSR count). The maximum Gasteiger partial charge on any atom is 0.151 e. The first-order valence-corrected chi connectivity index (χ1v) is 60.8. The monoisotopic (exact) mass is 1190 g/mol. The van der Waals surface area contributed by atoms with Gasteiger partial charge in [-0.1, -0.05) is 61.9 Å². The molecule has 0 saturated heterocycles. The van der Waals surface area contributed by atoms with E-state index in [9.17, 15) is 4.79 Å². The highest BCUT2D eigenvalue weighted by atomic mass is 33.5. The molecule has 3 aromatic carbocycles. The second-order valence-corrected chi connectivity index (χ2v) is 111. The third kappa shape index (κ3) is 15.8. The minimum Gasteiger partial charge on any atom is -0.360 e. The van der Waals surface area contributed by atoms with Gasteiger partial charge in [-0.2, -0.15) is 0 Å². The van der Waals surface area contributed by atoms with Gasteiger partial charge >= 0.3 is 0 Å². The van der Waals surface area contributed by atoms with Crippen LogP contribution in [0.25, 0.3) is 10.8 Å². The topological polar surface area (TPSA) is 26.3 Å². The van der Waals surface area contributed by atoms with Crippen molar-refractivity contribution in [2.75, 3.05) is 0 Å². The molecule has 53 heavy (non-hydrogen) atoms. The van der Waals surface area contributed by atoms with Crippen LogP contribution in [0.2, 0.25) is 0 Å². The zero-order valence-electron chi connectivity index (χ0n) is 29.3. The molecule has 1 heterocycles. The van der Waals surface area contributed by atoms with Gasteiger partial charge in [0.2, 0.25) is 0 Å². The van der Waals surface area contributed by atoms with Gasteiger partial charge in [0, 0.05) is 44.7 Å². The molecule has 1 aliphatic heterocycles. The molecule has 28 heteroatoms.